The molecule has 0 atom stereocenters. The van der Waals surface area contributed by atoms with Crippen LogP contribution in [0, 0.1) is 0 Å². The third-order valence-corrected chi connectivity index (χ3v) is 8.07. The highest BCUT2D eigenvalue weighted by atomic mass is 79.9. The number of nitrogens with zero attached hydrogens (tertiary/aromatic N) is 2. The average Bonchev–Trinajstić information content (AvgIpc) is 3.08. The highest BCUT2D eigenvalue weighted by Crippen LogP contribution is 2.37. The molecular weight excluding hydrogens is 488 g/mol. The van der Waals surface area contributed by atoms with Gasteiger partial charge in [-0.2, -0.15) is 4.98 Å². The molecule has 0 amide bonds. The normalized spacial score (nSPS) is 15.1. The van der Waals surface area contributed by atoms with Gasteiger partial charge in [0.15, 0.2) is 0 Å². The Morgan fingerprint density at radius 2 is 1.53 bits per heavy atom. The molecule has 5 nitrogen and oxygen atoms in total. The molecule has 0 spiro atoms. The first-order valence-corrected chi connectivity index (χ1v) is 13.1. The summed E-state index contributed by atoms with van der Waals surface area (Å²) in [5.41, 5.74) is 0.788. The van der Waals surface area contributed by atoms with Crippen molar-refractivity contribution in [3.8, 4) is 11.5 Å². The van der Waals surface area contributed by atoms with E-state index in [0.717, 1.165) is 59.6 Å². The number of aromatic nitrogens is 1. The van der Waals surface area contributed by atoms with Crippen molar-refractivity contribution >= 4 is 42.4 Å². The van der Waals surface area contributed by atoms with Crippen LogP contribution in [0.3, 0.4) is 0 Å². The van der Waals surface area contributed by atoms with Crippen LogP contribution in [0.4, 0.5) is 5.88 Å². The molecular formula is C25H23BrN2O3S. The second-order valence-electron chi connectivity index (χ2n) is 8.01. The molecule has 1 saturated heterocycles. The number of benzene rings is 3. The highest BCUT2D eigenvalue weighted by molar-refractivity contribution is 9.10. The molecule has 7 heteroatoms. The molecule has 0 unspecified atom stereocenters. The minimum Gasteiger partial charge on any atom is -0.419 e. The Kier molecular flexibility index (Phi) is 5.78. The van der Waals surface area contributed by atoms with E-state index in [1.165, 1.54) is 0 Å². The summed E-state index contributed by atoms with van der Waals surface area (Å²) >= 11 is 3.37. The predicted molar refractivity (Wildman–Crippen MR) is 130 cm³/mol. The topological polar surface area (TPSA) is 63.4 Å². The first kappa shape index (κ1) is 21.2. The van der Waals surface area contributed by atoms with Gasteiger partial charge in [0.25, 0.3) is 0 Å². The Morgan fingerprint density at radius 3 is 2.28 bits per heavy atom. The molecule has 0 N–H and O–H groups in total. The molecule has 32 heavy (non-hydrogen) atoms. The first-order chi connectivity index (χ1) is 15.5. The summed E-state index contributed by atoms with van der Waals surface area (Å²) in [7, 11) is -3.86. The van der Waals surface area contributed by atoms with Gasteiger partial charge in [-0.15, -0.1) is 0 Å². The fourth-order valence-electron chi connectivity index (χ4n) is 4.20. The average molecular weight is 511 g/mol. The molecule has 2 heterocycles. The van der Waals surface area contributed by atoms with Crippen LogP contribution in [0.5, 0.6) is 0 Å². The molecule has 0 aliphatic carbocycles. The van der Waals surface area contributed by atoms with Crippen molar-refractivity contribution in [2.45, 2.75) is 35.6 Å². The van der Waals surface area contributed by atoms with Crippen LogP contribution in [0.15, 0.2) is 85.5 Å². The number of hydrogen-bond acceptors (Lipinski definition) is 5. The van der Waals surface area contributed by atoms with Gasteiger partial charge in [-0.25, -0.2) is 8.42 Å². The summed E-state index contributed by atoms with van der Waals surface area (Å²) < 4.78 is 34.4. The first-order valence-electron chi connectivity index (χ1n) is 10.8. The van der Waals surface area contributed by atoms with Crippen molar-refractivity contribution < 1.29 is 12.8 Å². The fraction of sp³-hybridized carbons (Fsp3) is 0.240. The molecule has 0 saturated carbocycles. The van der Waals surface area contributed by atoms with E-state index < -0.39 is 9.84 Å². The number of fused-ring (bicyclic) bond motifs is 1. The van der Waals surface area contributed by atoms with Gasteiger partial charge in [0.05, 0.1) is 4.90 Å². The van der Waals surface area contributed by atoms with Crippen LogP contribution in [0.1, 0.15) is 25.7 Å². The zero-order valence-corrected chi connectivity index (χ0v) is 19.9. The third kappa shape index (κ3) is 3.95. The lowest BCUT2D eigenvalue weighted by atomic mass is 10.0. The highest BCUT2D eigenvalue weighted by Gasteiger charge is 2.32. The molecule has 0 radical (unpaired) electrons. The summed E-state index contributed by atoms with van der Waals surface area (Å²) in [5.74, 6) is 0.675. The quantitative estimate of drug-likeness (QED) is 0.314. The molecule has 1 aliphatic rings. The summed E-state index contributed by atoms with van der Waals surface area (Å²) in [6.45, 7) is 1.51. The van der Waals surface area contributed by atoms with E-state index in [-0.39, 0.29) is 9.92 Å². The fourth-order valence-corrected chi connectivity index (χ4v) is 5.78. The van der Waals surface area contributed by atoms with E-state index >= 15 is 0 Å². The van der Waals surface area contributed by atoms with Gasteiger partial charge in [0, 0.05) is 23.1 Å². The Labute approximate surface area is 196 Å². The summed E-state index contributed by atoms with van der Waals surface area (Å²) in [4.78, 5) is 6.84. The second-order valence-corrected chi connectivity index (χ2v) is 10.8. The zero-order valence-electron chi connectivity index (χ0n) is 17.5. The van der Waals surface area contributed by atoms with Crippen LogP contribution in [0.2, 0.25) is 0 Å². The summed E-state index contributed by atoms with van der Waals surface area (Å²) in [6, 6.07) is 20.5. The van der Waals surface area contributed by atoms with E-state index in [2.05, 4.69) is 20.9 Å². The van der Waals surface area contributed by atoms with Crippen LogP contribution < -0.4 is 4.90 Å². The summed E-state index contributed by atoms with van der Waals surface area (Å²) in [5, 5.41) is 2.02. The van der Waals surface area contributed by atoms with Gasteiger partial charge in [0.2, 0.25) is 26.6 Å². The smallest absolute Gasteiger partial charge is 0.236 e. The number of sulfone groups is 1. The maximum Gasteiger partial charge on any atom is 0.236 e. The van der Waals surface area contributed by atoms with Crippen LogP contribution >= 0.6 is 15.9 Å². The Balaban J connectivity index is 1.70. The zero-order chi connectivity index (χ0) is 22.1. The molecule has 164 valence electrons. The molecule has 1 aliphatic heterocycles. The largest absolute Gasteiger partial charge is 0.419 e. The lowest BCUT2D eigenvalue weighted by molar-refractivity contribution is 0.544. The van der Waals surface area contributed by atoms with Crippen molar-refractivity contribution in [3.05, 3.63) is 71.2 Å². The SMILES string of the molecule is O=S(=O)(c1ccc(Br)cc1)c1nc(-c2cccc3ccccc23)oc1N1CCCCCC1. The van der Waals surface area contributed by atoms with Crippen molar-refractivity contribution in [1.29, 1.82) is 0 Å². The molecule has 4 aromatic rings. The molecule has 3 aromatic carbocycles. The molecule has 0 bridgehead atoms. The third-order valence-electron chi connectivity index (χ3n) is 5.87. The lowest BCUT2D eigenvalue weighted by Gasteiger charge is -2.20. The van der Waals surface area contributed by atoms with Gasteiger partial charge in [-0.05, 0) is 53.9 Å². The molecule has 5 rings (SSSR count). The van der Waals surface area contributed by atoms with E-state index in [9.17, 15) is 8.42 Å². The lowest BCUT2D eigenvalue weighted by Crippen LogP contribution is -2.25. The van der Waals surface area contributed by atoms with Gasteiger partial charge in [-0.3, -0.25) is 0 Å². The maximum absolute atomic E-state index is 13.6. The number of oxazole rings is 1. The van der Waals surface area contributed by atoms with Crippen molar-refractivity contribution in [2.24, 2.45) is 0 Å². The van der Waals surface area contributed by atoms with E-state index in [1.54, 1.807) is 24.3 Å². The predicted octanol–water partition coefficient (Wildman–Crippen LogP) is 6.47. The minimum absolute atomic E-state index is 0.00958. The Bertz CT molecular complexity index is 1350. The van der Waals surface area contributed by atoms with Gasteiger partial charge >= 0.3 is 0 Å². The Hall–Kier alpha value is -2.64. The number of rotatable bonds is 4. The van der Waals surface area contributed by atoms with E-state index in [0.29, 0.717) is 11.8 Å². The maximum atomic E-state index is 13.6. The van der Waals surface area contributed by atoms with Gasteiger partial charge < -0.3 is 9.32 Å². The standard InChI is InChI=1S/C25H23BrN2O3S/c26-19-12-14-20(15-13-19)32(29,30)24-25(28-16-5-1-2-6-17-28)31-23(27-24)22-11-7-9-18-8-3-4-10-21(18)22/h3-4,7-15H,1-2,5-6,16-17H2. The van der Waals surface area contributed by atoms with E-state index in [1.807, 2.05) is 47.4 Å². The number of hydrogen-bond donors (Lipinski definition) is 0. The minimum atomic E-state index is -3.86. The number of halogens is 1. The van der Waals surface area contributed by atoms with Crippen molar-refractivity contribution in [2.75, 3.05) is 18.0 Å². The molecule has 1 aromatic heterocycles. The van der Waals surface area contributed by atoms with Gasteiger partial charge in [0.1, 0.15) is 0 Å². The monoisotopic (exact) mass is 510 g/mol. The van der Waals surface area contributed by atoms with Crippen molar-refractivity contribution in [3.63, 3.8) is 0 Å². The number of anilines is 1. The van der Waals surface area contributed by atoms with Crippen LogP contribution in [0.25, 0.3) is 22.2 Å². The molecule has 1 fully saturated rings. The van der Waals surface area contributed by atoms with Crippen LogP contribution in [-0.2, 0) is 9.84 Å². The second kappa shape index (κ2) is 8.71. The summed E-state index contributed by atoms with van der Waals surface area (Å²) in [6.07, 6.45) is 4.27. The van der Waals surface area contributed by atoms with Crippen LogP contribution in [-0.4, -0.2) is 26.5 Å². The van der Waals surface area contributed by atoms with Crippen molar-refractivity contribution in [1.82, 2.24) is 4.98 Å². The Morgan fingerprint density at radius 1 is 0.844 bits per heavy atom. The van der Waals surface area contributed by atoms with Gasteiger partial charge in [-0.1, -0.05) is 65.2 Å². The van der Waals surface area contributed by atoms with E-state index in [4.69, 9.17) is 4.42 Å².